The Kier molecular flexibility index (Phi) is 5.19. The molecule has 1 unspecified atom stereocenters. The molecule has 0 saturated carbocycles. The summed E-state index contributed by atoms with van der Waals surface area (Å²) in [4.78, 5) is 33.8. The van der Waals surface area contributed by atoms with Gasteiger partial charge < -0.3 is 9.80 Å². The molecule has 3 heterocycles. The van der Waals surface area contributed by atoms with E-state index in [2.05, 4.69) is 36.8 Å². The first kappa shape index (κ1) is 17.6. The molecule has 1 saturated heterocycles. The molecule has 1 aliphatic heterocycles. The maximum absolute atomic E-state index is 11.8. The molecule has 8 nitrogen and oxygen atoms in total. The van der Waals surface area contributed by atoms with Gasteiger partial charge >= 0.3 is 0 Å². The Morgan fingerprint density at radius 2 is 2.04 bits per heavy atom. The summed E-state index contributed by atoms with van der Waals surface area (Å²) in [6.07, 6.45) is 4.24. The lowest BCUT2D eigenvalue weighted by molar-refractivity contribution is 0.247. The van der Waals surface area contributed by atoms with E-state index in [4.69, 9.17) is 11.6 Å². The third-order valence-electron chi connectivity index (χ3n) is 4.29. The van der Waals surface area contributed by atoms with Crippen molar-refractivity contribution in [2.75, 3.05) is 44.0 Å². The first-order valence-electron chi connectivity index (χ1n) is 8.12. The topological polar surface area (TPSA) is 81.2 Å². The molecule has 25 heavy (non-hydrogen) atoms. The largest absolute Gasteiger partial charge is 0.348 e. The summed E-state index contributed by atoms with van der Waals surface area (Å²) in [7, 11) is 5.76. The lowest BCUT2D eigenvalue weighted by atomic mass is 10.2. The number of rotatable bonds is 5. The van der Waals surface area contributed by atoms with E-state index < -0.39 is 0 Å². The second-order valence-corrected chi connectivity index (χ2v) is 6.90. The average molecular weight is 364 g/mol. The lowest BCUT2D eigenvalue weighted by Crippen LogP contribution is -2.35. The Morgan fingerprint density at radius 3 is 2.72 bits per heavy atom. The minimum atomic E-state index is -0.135. The fourth-order valence-corrected chi connectivity index (χ4v) is 3.02. The predicted octanol–water partition coefficient (Wildman–Crippen LogP) is 0.990. The summed E-state index contributed by atoms with van der Waals surface area (Å²) in [5, 5.41) is 0.536. The minimum absolute atomic E-state index is 0.135. The Morgan fingerprint density at radius 1 is 1.32 bits per heavy atom. The van der Waals surface area contributed by atoms with Crippen LogP contribution in [0.4, 0.5) is 11.9 Å². The molecule has 1 aliphatic rings. The van der Waals surface area contributed by atoms with Crippen LogP contribution >= 0.6 is 11.6 Å². The molecular formula is C16H22ClN7O. The van der Waals surface area contributed by atoms with Crippen molar-refractivity contribution in [3.8, 4) is 0 Å². The van der Waals surface area contributed by atoms with Crippen LogP contribution in [0.2, 0.25) is 5.02 Å². The number of likely N-dealkylation sites (N-methyl/N-ethyl adjacent to an activating group) is 1. The van der Waals surface area contributed by atoms with Crippen LogP contribution in [0.5, 0.6) is 0 Å². The van der Waals surface area contributed by atoms with Gasteiger partial charge in [0.05, 0.1) is 23.1 Å². The number of halogens is 1. The van der Waals surface area contributed by atoms with Crippen molar-refractivity contribution < 1.29 is 0 Å². The zero-order valence-electron chi connectivity index (χ0n) is 14.6. The zero-order valence-corrected chi connectivity index (χ0v) is 15.4. The van der Waals surface area contributed by atoms with Crippen molar-refractivity contribution in [3.63, 3.8) is 0 Å². The highest BCUT2D eigenvalue weighted by Gasteiger charge is 2.27. The summed E-state index contributed by atoms with van der Waals surface area (Å²) in [5.74, 6) is 1.27. The molecule has 0 aliphatic carbocycles. The van der Waals surface area contributed by atoms with E-state index in [-0.39, 0.29) is 5.56 Å². The first-order chi connectivity index (χ1) is 11.9. The highest BCUT2D eigenvalue weighted by molar-refractivity contribution is 6.30. The van der Waals surface area contributed by atoms with Crippen molar-refractivity contribution in [1.82, 2.24) is 24.8 Å². The SMILES string of the molecule is CN(C)c1nc(CN(C)C2CCN(c3ncc(Cl)cn3)C2)cc(=O)[nH]1. The van der Waals surface area contributed by atoms with Crippen molar-refractivity contribution in [2.45, 2.75) is 19.0 Å². The molecule has 9 heteroatoms. The highest BCUT2D eigenvalue weighted by atomic mass is 35.5. The monoisotopic (exact) mass is 363 g/mol. The van der Waals surface area contributed by atoms with E-state index in [1.54, 1.807) is 23.4 Å². The van der Waals surface area contributed by atoms with Crippen LogP contribution in [0, 0.1) is 0 Å². The summed E-state index contributed by atoms with van der Waals surface area (Å²) in [6.45, 7) is 2.34. The van der Waals surface area contributed by atoms with E-state index >= 15 is 0 Å². The first-order valence-corrected chi connectivity index (χ1v) is 8.50. The molecule has 3 rings (SSSR count). The molecule has 1 atom stereocenters. The molecule has 1 fully saturated rings. The summed E-state index contributed by atoms with van der Waals surface area (Å²) >= 11 is 5.85. The average Bonchev–Trinajstić information content (AvgIpc) is 3.05. The van der Waals surface area contributed by atoms with E-state index in [1.807, 2.05) is 14.1 Å². The third-order valence-corrected chi connectivity index (χ3v) is 4.49. The van der Waals surface area contributed by atoms with Crippen LogP contribution in [-0.2, 0) is 6.54 Å². The van der Waals surface area contributed by atoms with E-state index in [0.29, 0.717) is 29.5 Å². The maximum Gasteiger partial charge on any atom is 0.252 e. The number of aromatic nitrogens is 4. The number of nitrogens with zero attached hydrogens (tertiary/aromatic N) is 6. The van der Waals surface area contributed by atoms with Gasteiger partial charge in [-0.1, -0.05) is 11.6 Å². The molecule has 0 amide bonds. The van der Waals surface area contributed by atoms with Crippen LogP contribution in [0.3, 0.4) is 0 Å². The van der Waals surface area contributed by atoms with Crippen LogP contribution in [0.25, 0.3) is 0 Å². The fraction of sp³-hybridized carbons (Fsp3) is 0.500. The van der Waals surface area contributed by atoms with Gasteiger partial charge in [-0.2, -0.15) is 0 Å². The van der Waals surface area contributed by atoms with Gasteiger partial charge in [0.1, 0.15) is 0 Å². The fourth-order valence-electron chi connectivity index (χ4n) is 2.92. The van der Waals surface area contributed by atoms with Crippen LogP contribution < -0.4 is 15.4 Å². The minimum Gasteiger partial charge on any atom is -0.348 e. The van der Waals surface area contributed by atoms with Gasteiger partial charge in [0.2, 0.25) is 11.9 Å². The molecule has 0 radical (unpaired) electrons. The standard InChI is InChI=1S/C16H22ClN7O/c1-22(2)16-20-12(6-14(25)21-16)9-23(3)13-4-5-24(10-13)15-18-7-11(17)8-19-15/h6-8,13H,4-5,9-10H2,1-3H3,(H,20,21,25). The quantitative estimate of drug-likeness (QED) is 0.848. The van der Waals surface area contributed by atoms with Gasteiger partial charge in [0.25, 0.3) is 5.56 Å². The summed E-state index contributed by atoms with van der Waals surface area (Å²) in [5.41, 5.74) is 0.626. The van der Waals surface area contributed by atoms with Crippen LogP contribution in [0.1, 0.15) is 12.1 Å². The lowest BCUT2D eigenvalue weighted by Gasteiger charge is -2.24. The predicted molar refractivity (Wildman–Crippen MR) is 98.3 cm³/mol. The number of aromatic amines is 1. The van der Waals surface area contributed by atoms with E-state index in [1.165, 1.54) is 0 Å². The van der Waals surface area contributed by atoms with Gasteiger partial charge in [-0.3, -0.25) is 14.7 Å². The molecule has 1 N–H and O–H groups in total. The second kappa shape index (κ2) is 7.37. The van der Waals surface area contributed by atoms with Gasteiger partial charge in [0, 0.05) is 45.8 Å². The van der Waals surface area contributed by atoms with E-state index in [9.17, 15) is 4.79 Å². The molecule has 2 aromatic rings. The number of hydrogen-bond acceptors (Lipinski definition) is 7. The van der Waals surface area contributed by atoms with Gasteiger partial charge in [0.15, 0.2) is 0 Å². The highest BCUT2D eigenvalue weighted by Crippen LogP contribution is 2.20. The van der Waals surface area contributed by atoms with Gasteiger partial charge in [-0.15, -0.1) is 0 Å². The Bertz CT molecular complexity index is 777. The third kappa shape index (κ3) is 4.26. The van der Waals surface area contributed by atoms with Crippen molar-refractivity contribution in [2.24, 2.45) is 0 Å². The molecule has 134 valence electrons. The van der Waals surface area contributed by atoms with Crippen LogP contribution in [-0.4, -0.2) is 65.1 Å². The number of hydrogen-bond donors (Lipinski definition) is 1. The number of H-pyrrole nitrogens is 1. The van der Waals surface area contributed by atoms with Crippen molar-refractivity contribution >= 4 is 23.5 Å². The Hall–Kier alpha value is -2.19. The summed E-state index contributed by atoms with van der Waals surface area (Å²) in [6, 6.07) is 1.90. The second-order valence-electron chi connectivity index (χ2n) is 6.46. The zero-order chi connectivity index (χ0) is 18.0. The number of nitrogens with one attached hydrogen (secondary N) is 1. The smallest absolute Gasteiger partial charge is 0.252 e. The molecule has 0 spiro atoms. The molecular weight excluding hydrogens is 342 g/mol. The molecule has 0 aromatic carbocycles. The van der Waals surface area contributed by atoms with Gasteiger partial charge in [-0.25, -0.2) is 15.0 Å². The normalized spacial score (nSPS) is 17.3. The van der Waals surface area contributed by atoms with E-state index in [0.717, 1.165) is 25.2 Å². The number of anilines is 2. The van der Waals surface area contributed by atoms with Crippen molar-refractivity contribution in [1.29, 1.82) is 0 Å². The molecule has 0 bridgehead atoms. The maximum atomic E-state index is 11.8. The van der Waals surface area contributed by atoms with Crippen molar-refractivity contribution in [3.05, 3.63) is 39.5 Å². The van der Waals surface area contributed by atoms with Gasteiger partial charge in [-0.05, 0) is 13.5 Å². The van der Waals surface area contributed by atoms with Crippen LogP contribution in [0.15, 0.2) is 23.3 Å². The molecule has 2 aromatic heterocycles. The summed E-state index contributed by atoms with van der Waals surface area (Å²) < 4.78 is 0. The Labute approximate surface area is 151 Å². The Balaban J connectivity index is 1.65.